The minimum absolute atomic E-state index is 0.0252. The van der Waals surface area contributed by atoms with Crippen LogP contribution in [0.4, 0.5) is 5.69 Å². The third-order valence-electron chi connectivity index (χ3n) is 4.62. The van der Waals surface area contributed by atoms with Gasteiger partial charge in [0.15, 0.2) is 6.61 Å². The summed E-state index contributed by atoms with van der Waals surface area (Å²) in [6.45, 7) is 0.652. The Labute approximate surface area is 192 Å². The van der Waals surface area contributed by atoms with Gasteiger partial charge in [-0.25, -0.2) is 9.59 Å². The highest BCUT2D eigenvalue weighted by Crippen LogP contribution is 2.32. The molecule has 11 heteroatoms. The number of nitrogens with zero attached hydrogens (tertiary/aromatic N) is 1. The Kier molecular flexibility index (Phi) is 6.81. The minimum Gasteiger partial charge on any atom is -0.465 e. The van der Waals surface area contributed by atoms with E-state index in [1.54, 1.807) is 0 Å². The van der Waals surface area contributed by atoms with E-state index in [1.807, 2.05) is 0 Å². The smallest absolute Gasteiger partial charge is 0.337 e. The lowest BCUT2D eigenvalue weighted by Crippen LogP contribution is -2.44. The molecule has 2 aromatic rings. The number of nitrogens with one attached hydrogen (secondary N) is 1. The zero-order chi connectivity index (χ0) is 23.6. The molecule has 0 radical (unpaired) electrons. The molecule has 0 spiro atoms. The van der Waals surface area contributed by atoms with Crippen LogP contribution in [-0.2, 0) is 19.1 Å². The van der Waals surface area contributed by atoms with Gasteiger partial charge in [0.25, 0.3) is 17.7 Å². The molecule has 1 aliphatic heterocycles. The van der Waals surface area contributed by atoms with Crippen molar-refractivity contribution < 1.29 is 33.4 Å². The first-order chi connectivity index (χ1) is 15.1. The molecule has 9 nitrogen and oxygen atoms in total. The van der Waals surface area contributed by atoms with Crippen LogP contribution in [0.15, 0.2) is 36.4 Å². The predicted molar refractivity (Wildman–Crippen MR) is 114 cm³/mol. The lowest BCUT2D eigenvalue weighted by atomic mass is 10.1. The van der Waals surface area contributed by atoms with Crippen molar-refractivity contribution in [3.8, 4) is 0 Å². The van der Waals surface area contributed by atoms with E-state index in [0.717, 1.165) is 4.90 Å². The Hall–Kier alpha value is -3.43. The van der Waals surface area contributed by atoms with Gasteiger partial charge in [-0.2, -0.15) is 0 Å². The van der Waals surface area contributed by atoms with E-state index in [0.29, 0.717) is 11.3 Å². The Balaban J connectivity index is 1.59. The lowest BCUT2D eigenvalue weighted by Gasteiger charge is -2.20. The van der Waals surface area contributed by atoms with Crippen LogP contribution in [0.5, 0.6) is 0 Å². The van der Waals surface area contributed by atoms with E-state index in [-0.39, 0.29) is 21.2 Å². The molecule has 0 saturated carbocycles. The summed E-state index contributed by atoms with van der Waals surface area (Å²) in [5, 5.41) is 2.68. The van der Waals surface area contributed by atoms with E-state index in [9.17, 15) is 24.0 Å². The number of hydrogen-bond donors (Lipinski definition) is 1. The fourth-order valence-electron chi connectivity index (χ4n) is 2.97. The molecule has 0 saturated heterocycles. The number of halogens is 2. The SMILES string of the molecule is COC(=O)c1ccc(NC(=O)COC(=O)C(C)N2C(=O)c3cc(Cl)c(Cl)cc3C2=O)cc1. The summed E-state index contributed by atoms with van der Waals surface area (Å²) in [6.07, 6.45) is 0. The number of carbonyl (C=O) groups excluding carboxylic acids is 5. The van der Waals surface area contributed by atoms with Crippen LogP contribution in [0.2, 0.25) is 10.0 Å². The van der Waals surface area contributed by atoms with Crippen LogP contribution in [-0.4, -0.2) is 54.3 Å². The summed E-state index contributed by atoms with van der Waals surface area (Å²) in [4.78, 5) is 61.7. The van der Waals surface area contributed by atoms with Gasteiger partial charge in [-0.3, -0.25) is 19.3 Å². The van der Waals surface area contributed by atoms with Gasteiger partial charge in [-0.1, -0.05) is 23.2 Å². The highest BCUT2D eigenvalue weighted by Gasteiger charge is 2.42. The van der Waals surface area contributed by atoms with E-state index in [1.165, 1.54) is 50.4 Å². The molecule has 1 N–H and O–H groups in total. The molecule has 1 heterocycles. The van der Waals surface area contributed by atoms with Crippen LogP contribution >= 0.6 is 23.2 Å². The van der Waals surface area contributed by atoms with E-state index >= 15 is 0 Å². The van der Waals surface area contributed by atoms with Crippen LogP contribution in [0.1, 0.15) is 38.0 Å². The number of esters is 2. The second kappa shape index (κ2) is 9.37. The number of carbonyl (C=O) groups is 5. The van der Waals surface area contributed by atoms with Gasteiger partial charge in [0, 0.05) is 5.69 Å². The Morgan fingerprint density at radius 3 is 2.03 bits per heavy atom. The molecule has 3 rings (SSSR count). The third kappa shape index (κ3) is 4.58. The lowest BCUT2D eigenvalue weighted by molar-refractivity contribution is -0.150. The molecule has 0 fully saturated rings. The number of anilines is 1. The van der Waals surface area contributed by atoms with Crippen molar-refractivity contribution in [2.75, 3.05) is 19.0 Å². The second-order valence-corrected chi connectivity index (χ2v) is 7.51. The summed E-state index contributed by atoms with van der Waals surface area (Å²) in [6, 6.07) is 7.10. The Bertz CT molecular complexity index is 1090. The monoisotopic (exact) mass is 478 g/mol. The van der Waals surface area contributed by atoms with E-state index in [2.05, 4.69) is 10.1 Å². The molecule has 3 amide bonds. The van der Waals surface area contributed by atoms with Crippen molar-refractivity contribution in [2.24, 2.45) is 0 Å². The molecule has 0 aliphatic carbocycles. The van der Waals surface area contributed by atoms with Crippen molar-refractivity contribution >= 4 is 58.5 Å². The maximum atomic E-state index is 12.6. The zero-order valence-electron chi connectivity index (χ0n) is 16.8. The van der Waals surface area contributed by atoms with E-state index < -0.39 is 42.3 Å². The highest BCUT2D eigenvalue weighted by molar-refractivity contribution is 6.43. The average Bonchev–Trinajstić information content (AvgIpc) is 3.01. The van der Waals surface area contributed by atoms with Crippen LogP contribution in [0.25, 0.3) is 0 Å². The minimum atomic E-state index is -1.29. The maximum absolute atomic E-state index is 12.6. The van der Waals surface area contributed by atoms with Crippen molar-refractivity contribution in [3.63, 3.8) is 0 Å². The second-order valence-electron chi connectivity index (χ2n) is 6.69. The Morgan fingerprint density at radius 2 is 1.53 bits per heavy atom. The topological polar surface area (TPSA) is 119 Å². The molecule has 1 atom stereocenters. The Morgan fingerprint density at radius 1 is 1.00 bits per heavy atom. The van der Waals surface area contributed by atoms with Crippen LogP contribution < -0.4 is 5.32 Å². The summed E-state index contributed by atoms with van der Waals surface area (Å²) in [5.74, 6) is -3.57. The molecule has 0 aromatic heterocycles. The van der Waals surface area contributed by atoms with Gasteiger partial charge in [-0.15, -0.1) is 0 Å². The number of rotatable bonds is 6. The van der Waals surface area contributed by atoms with Gasteiger partial charge >= 0.3 is 11.9 Å². The largest absolute Gasteiger partial charge is 0.465 e. The van der Waals surface area contributed by atoms with Gasteiger partial charge in [0.1, 0.15) is 6.04 Å². The molecule has 0 bridgehead atoms. The van der Waals surface area contributed by atoms with Gasteiger partial charge < -0.3 is 14.8 Å². The number of benzene rings is 2. The highest BCUT2D eigenvalue weighted by atomic mass is 35.5. The average molecular weight is 479 g/mol. The number of imide groups is 1. The molecule has 166 valence electrons. The summed E-state index contributed by atoms with van der Waals surface area (Å²) >= 11 is 11.8. The number of ether oxygens (including phenoxy) is 2. The fourth-order valence-corrected chi connectivity index (χ4v) is 3.30. The summed E-state index contributed by atoms with van der Waals surface area (Å²) in [7, 11) is 1.25. The first-order valence-electron chi connectivity index (χ1n) is 9.15. The number of methoxy groups -OCH3 is 1. The van der Waals surface area contributed by atoms with Crippen LogP contribution in [0, 0.1) is 0 Å². The third-order valence-corrected chi connectivity index (χ3v) is 5.34. The maximum Gasteiger partial charge on any atom is 0.337 e. The van der Waals surface area contributed by atoms with Crippen molar-refractivity contribution in [3.05, 3.63) is 63.1 Å². The molecular formula is C21H16Cl2N2O7. The van der Waals surface area contributed by atoms with Gasteiger partial charge in [-0.05, 0) is 43.3 Å². The molecule has 32 heavy (non-hydrogen) atoms. The predicted octanol–water partition coefficient (Wildman–Crippen LogP) is 2.95. The normalized spacial score (nSPS) is 13.4. The molecular weight excluding hydrogens is 463 g/mol. The van der Waals surface area contributed by atoms with Crippen molar-refractivity contribution in [2.45, 2.75) is 13.0 Å². The number of fused-ring (bicyclic) bond motifs is 1. The van der Waals surface area contributed by atoms with Gasteiger partial charge in [0.2, 0.25) is 0 Å². The standard InChI is InChI=1S/C21H16Cl2N2O7/c1-10(25-18(27)13-7-15(22)16(23)8-14(13)19(25)28)20(29)32-9-17(26)24-12-5-3-11(4-6-12)21(30)31-2/h3-8,10H,9H2,1-2H3,(H,24,26). The first kappa shape index (κ1) is 23.2. The fraction of sp³-hybridized carbons (Fsp3) is 0.190. The van der Waals surface area contributed by atoms with Crippen molar-refractivity contribution in [1.29, 1.82) is 0 Å². The van der Waals surface area contributed by atoms with Gasteiger partial charge in [0.05, 0.1) is 33.8 Å². The molecule has 2 aromatic carbocycles. The number of hydrogen-bond acceptors (Lipinski definition) is 7. The number of amides is 3. The van der Waals surface area contributed by atoms with Crippen molar-refractivity contribution in [1.82, 2.24) is 4.90 Å². The zero-order valence-corrected chi connectivity index (χ0v) is 18.3. The van der Waals surface area contributed by atoms with E-state index in [4.69, 9.17) is 27.9 Å². The molecule has 1 aliphatic rings. The quantitative estimate of drug-likeness (QED) is 0.500. The van der Waals surface area contributed by atoms with Crippen LogP contribution in [0.3, 0.4) is 0 Å². The first-order valence-corrected chi connectivity index (χ1v) is 9.91. The molecule has 1 unspecified atom stereocenters. The summed E-state index contributed by atoms with van der Waals surface area (Å²) < 4.78 is 9.53. The summed E-state index contributed by atoms with van der Waals surface area (Å²) in [5.41, 5.74) is 0.713.